The number of nitrogens with one attached hydrogen (secondary N) is 1. The van der Waals surface area contributed by atoms with E-state index in [0.29, 0.717) is 11.6 Å². The molecule has 20 heavy (non-hydrogen) atoms. The zero-order valence-electron chi connectivity index (χ0n) is 11.7. The number of nitrogens with zero attached hydrogens (tertiary/aromatic N) is 2. The highest BCUT2D eigenvalue weighted by atomic mass is 16.3. The van der Waals surface area contributed by atoms with Gasteiger partial charge in [0.15, 0.2) is 5.69 Å². The molecule has 1 aromatic heterocycles. The summed E-state index contributed by atoms with van der Waals surface area (Å²) in [5.74, 6) is 0.460. The molecule has 5 nitrogen and oxygen atoms in total. The standard InChI is InChI=1S/C15H21N3O2/c19-14(13-11-2-1-3-12(11)16-17-13)18-8-4-10(5-9-18)15(20)6-7-15/h10,20H,1-9H2,(H,16,17). The molecule has 1 aliphatic heterocycles. The highest BCUT2D eigenvalue weighted by Crippen LogP contribution is 2.46. The van der Waals surface area contributed by atoms with E-state index >= 15 is 0 Å². The Labute approximate surface area is 118 Å². The fourth-order valence-corrected chi connectivity index (χ4v) is 3.80. The van der Waals surface area contributed by atoms with Gasteiger partial charge in [0, 0.05) is 24.3 Å². The summed E-state index contributed by atoms with van der Waals surface area (Å²) in [6, 6.07) is 0. The van der Waals surface area contributed by atoms with E-state index in [1.807, 2.05) is 4.90 Å². The number of amides is 1. The van der Waals surface area contributed by atoms with Crippen molar-refractivity contribution in [1.29, 1.82) is 0 Å². The molecule has 1 saturated carbocycles. The van der Waals surface area contributed by atoms with Crippen LogP contribution in [0.5, 0.6) is 0 Å². The smallest absolute Gasteiger partial charge is 0.274 e. The van der Waals surface area contributed by atoms with E-state index in [4.69, 9.17) is 0 Å². The van der Waals surface area contributed by atoms with Crippen LogP contribution in [0.2, 0.25) is 0 Å². The molecule has 2 N–H and O–H groups in total. The first kappa shape index (κ1) is 12.4. The van der Waals surface area contributed by atoms with Gasteiger partial charge in [0.25, 0.3) is 5.91 Å². The molecule has 0 radical (unpaired) electrons. The molecular formula is C15H21N3O2. The quantitative estimate of drug-likeness (QED) is 0.854. The van der Waals surface area contributed by atoms with Gasteiger partial charge in [0.2, 0.25) is 0 Å². The largest absolute Gasteiger partial charge is 0.390 e. The first-order valence-corrected chi connectivity index (χ1v) is 7.75. The number of fused-ring (bicyclic) bond motifs is 1. The fourth-order valence-electron chi connectivity index (χ4n) is 3.80. The van der Waals surface area contributed by atoms with Gasteiger partial charge in [-0.3, -0.25) is 9.89 Å². The van der Waals surface area contributed by atoms with Crippen molar-refractivity contribution >= 4 is 5.91 Å². The van der Waals surface area contributed by atoms with Crippen LogP contribution in [0.25, 0.3) is 0 Å². The Kier molecular flexibility index (Phi) is 2.67. The molecule has 2 heterocycles. The lowest BCUT2D eigenvalue weighted by Gasteiger charge is -2.34. The van der Waals surface area contributed by atoms with Crippen molar-refractivity contribution in [1.82, 2.24) is 15.1 Å². The minimum absolute atomic E-state index is 0.0747. The molecule has 0 unspecified atom stereocenters. The number of aliphatic hydroxyl groups is 1. The molecule has 1 amide bonds. The Bertz CT molecular complexity index is 539. The summed E-state index contributed by atoms with van der Waals surface area (Å²) in [5, 5.41) is 17.4. The van der Waals surface area contributed by atoms with Gasteiger partial charge in [-0.1, -0.05) is 0 Å². The number of aromatic amines is 1. The van der Waals surface area contributed by atoms with Gasteiger partial charge >= 0.3 is 0 Å². The van der Waals surface area contributed by atoms with Crippen LogP contribution in [-0.4, -0.2) is 44.8 Å². The van der Waals surface area contributed by atoms with E-state index in [1.165, 1.54) is 0 Å². The second-order valence-electron chi connectivity index (χ2n) is 6.55. The van der Waals surface area contributed by atoms with Crippen LogP contribution in [0.3, 0.4) is 0 Å². The number of carbonyl (C=O) groups is 1. The van der Waals surface area contributed by atoms with Gasteiger partial charge in [0.1, 0.15) is 0 Å². The summed E-state index contributed by atoms with van der Waals surface area (Å²) in [4.78, 5) is 14.5. The molecule has 2 aliphatic carbocycles. The maximum absolute atomic E-state index is 12.6. The summed E-state index contributed by atoms with van der Waals surface area (Å²) >= 11 is 0. The molecule has 1 aromatic rings. The zero-order valence-corrected chi connectivity index (χ0v) is 11.7. The zero-order chi connectivity index (χ0) is 13.7. The lowest BCUT2D eigenvalue weighted by atomic mass is 9.89. The molecule has 108 valence electrons. The van der Waals surface area contributed by atoms with E-state index in [2.05, 4.69) is 10.2 Å². The minimum atomic E-state index is -0.400. The molecule has 5 heteroatoms. The van der Waals surface area contributed by atoms with Crippen LogP contribution in [0.15, 0.2) is 0 Å². The second kappa shape index (κ2) is 4.32. The molecule has 0 atom stereocenters. The average Bonchev–Trinajstić information content (AvgIpc) is 2.90. The van der Waals surface area contributed by atoms with E-state index in [-0.39, 0.29) is 5.91 Å². The number of H-pyrrole nitrogens is 1. The van der Waals surface area contributed by atoms with Crippen molar-refractivity contribution in [2.75, 3.05) is 13.1 Å². The first-order chi connectivity index (χ1) is 9.67. The maximum atomic E-state index is 12.6. The van der Waals surface area contributed by atoms with Crippen LogP contribution < -0.4 is 0 Å². The van der Waals surface area contributed by atoms with E-state index in [1.54, 1.807) is 0 Å². The summed E-state index contributed by atoms with van der Waals surface area (Å²) in [6.45, 7) is 1.51. The van der Waals surface area contributed by atoms with Crippen LogP contribution in [0.4, 0.5) is 0 Å². The Morgan fingerprint density at radius 2 is 2.05 bits per heavy atom. The Morgan fingerprint density at radius 3 is 2.75 bits per heavy atom. The minimum Gasteiger partial charge on any atom is -0.390 e. The number of aryl methyl sites for hydroxylation is 1. The lowest BCUT2D eigenvalue weighted by Crippen LogP contribution is -2.42. The Balaban J connectivity index is 1.45. The SMILES string of the molecule is O=C(c1n[nH]c2c1CCC2)N1CCC(C2(O)CC2)CC1. The molecule has 0 bridgehead atoms. The number of hydrogen-bond donors (Lipinski definition) is 2. The second-order valence-corrected chi connectivity index (χ2v) is 6.55. The molecule has 3 aliphatic rings. The normalized spacial score (nSPS) is 24.8. The predicted octanol–water partition coefficient (Wildman–Crippen LogP) is 1.28. The third-order valence-corrected chi connectivity index (χ3v) is 5.31. The van der Waals surface area contributed by atoms with Crippen molar-refractivity contribution in [2.24, 2.45) is 5.92 Å². The molecule has 2 fully saturated rings. The number of carbonyl (C=O) groups excluding carboxylic acids is 1. The topological polar surface area (TPSA) is 69.2 Å². The summed E-state index contributed by atoms with van der Waals surface area (Å²) in [6.07, 6.45) is 6.85. The van der Waals surface area contributed by atoms with Crippen molar-refractivity contribution in [3.63, 3.8) is 0 Å². The summed E-state index contributed by atoms with van der Waals surface area (Å²) in [5.41, 5.74) is 2.53. The van der Waals surface area contributed by atoms with E-state index < -0.39 is 5.60 Å². The van der Waals surface area contributed by atoms with Crippen molar-refractivity contribution in [3.05, 3.63) is 17.0 Å². The molecular weight excluding hydrogens is 254 g/mol. The predicted molar refractivity (Wildman–Crippen MR) is 73.4 cm³/mol. The van der Waals surface area contributed by atoms with Crippen LogP contribution in [0.1, 0.15) is 53.8 Å². The van der Waals surface area contributed by atoms with Crippen molar-refractivity contribution in [2.45, 2.75) is 50.5 Å². The lowest BCUT2D eigenvalue weighted by molar-refractivity contribution is 0.0337. The van der Waals surface area contributed by atoms with Crippen LogP contribution in [0, 0.1) is 5.92 Å². The van der Waals surface area contributed by atoms with Gasteiger partial charge in [-0.15, -0.1) is 0 Å². The third kappa shape index (κ3) is 1.87. The highest BCUT2D eigenvalue weighted by molar-refractivity contribution is 5.94. The third-order valence-electron chi connectivity index (χ3n) is 5.31. The maximum Gasteiger partial charge on any atom is 0.274 e. The molecule has 0 aromatic carbocycles. The van der Waals surface area contributed by atoms with E-state index in [9.17, 15) is 9.90 Å². The number of likely N-dealkylation sites (tertiary alicyclic amines) is 1. The van der Waals surface area contributed by atoms with Gasteiger partial charge in [0.05, 0.1) is 5.60 Å². The van der Waals surface area contributed by atoms with Gasteiger partial charge in [-0.05, 0) is 50.9 Å². The summed E-state index contributed by atoms with van der Waals surface area (Å²) in [7, 11) is 0. The van der Waals surface area contributed by atoms with Crippen LogP contribution >= 0.6 is 0 Å². The number of piperidine rings is 1. The fraction of sp³-hybridized carbons (Fsp3) is 0.733. The van der Waals surface area contributed by atoms with Crippen molar-refractivity contribution in [3.8, 4) is 0 Å². The monoisotopic (exact) mass is 275 g/mol. The Hall–Kier alpha value is -1.36. The molecule has 1 saturated heterocycles. The van der Waals surface area contributed by atoms with Gasteiger partial charge in [-0.25, -0.2) is 0 Å². The molecule has 4 rings (SSSR count). The van der Waals surface area contributed by atoms with Crippen LogP contribution in [-0.2, 0) is 12.8 Å². The van der Waals surface area contributed by atoms with Gasteiger partial charge in [-0.2, -0.15) is 5.10 Å². The Morgan fingerprint density at radius 1 is 1.30 bits per heavy atom. The summed E-state index contributed by atoms with van der Waals surface area (Å²) < 4.78 is 0. The molecule has 0 spiro atoms. The number of rotatable bonds is 2. The average molecular weight is 275 g/mol. The number of hydrogen-bond acceptors (Lipinski definition) is 3. The highest BCUT2D eigenvalue weighted by Gasteiger charge is 2.48. The van der Waals surface area contributed by atoms with Gasteiger partial charge < -0.3 is 10.0 Å². The first-order valence-electron chi connectivity index (χ1n) is 7.75. The van der Waals surface area contributed by atoms with Crippen molar-refractivity contribution < 1.29 is 9.90 Å². The number of aromatic nitrogens is 2. The van der Waals surface area contributed by atoms with E-state index in [0.717, 1.165) is 69.3 Å².